The number of aryl methyl sites for hydroxylation is 1. The molecule has 7 nitrogen and oxygen atoms in total. The van der Waals surface area contributed by atoms with Crippen molar-refractivity contribution in [1.29, 1.82) is 0 Å². The van der Waals surface area contributed by atoms with Crippen LogP contribution in [-0.2, 0) is 6.54 Å². The highest BCUT2D eigenvalue weighted by Crippen LogP contribution is 2.16. The molecule has 0 aliphatic rings. The number of aromatic nitrogens is 4. The van der Waals surface area contributed by atoms with Crippen LogP contribution >= 0.6 is 11.6 Å². The lowest BCUT2D eigenvalue weighted by atomic mass is 10.3. The molecular weight excluding hydrogens is 280 g/mol. The van der Waals surface area contributed by atoms with E-state index in [1.54, 1.807) is 36.3 Å². The summed E-state index contributed by atoms with van der Waals surface area (Å²) >= 11 is 5.97. The zero-order chi connectivity index (χ0) is 14.4. The summed E-state index contributed by atoms with van der Waals surface area (Å²) in [6.45, 7) is 1.21. The Labute approximate surface area is 121 Å². The van der Waals surface area contributed by atoms with Crippen LogP contribution in [-0.4, -0.2) is 39.5 Å². The molecule has 8 heteroatoms. The second-order valence-corrected chi connectivity index (χ2v) is 4.46. The summed E-state index contributed by atoms with van der Waals surface area (Å²) in [7, 11) is 1.73. The van der Waals surface area contributed by atoms with Crippen molar-refractivity contribution in [2.24, 2.45) is 0 Å². The van der Waals surface area contributed by atoms with Crippen molar-refractivity contribution in [1.82, 2.24) is 25.3 Å². The fraction of sp³-hybridized carbons (Fsp3) is 0.333. The van der Waals surface area contributed by atoms with Crippen LogP contribution in [0.4, 0.5) is 5.82 Å². The highest BCUT2D eigenvalue weighted by atomic mass is 35.5. The minimum atomic E-state index is -0.286. The molecule has 0 atom stereocenters. The molecule has 2 heterocycles. The van der Waals surface area contributed by atoms with Gasteiger partial charge in [-0.25, -0.2) is 4.98 Å². The van der Waals surface area contributed by atoms with E-state index >= 15 is 0 Å². The van der Waals surface area contributed by atoms with Crippen LogP contribution in [0, 0.1) is 0 Å². The number of nitrogens with zero attached hydrogens (tertiary/aromatic N) is 4. The van der Waals surface area contributed by atoms with Gasteiger partial charge in [-0.3, -0.25) is 9.48 Å². The maximum absolute atomic E-state index is 12.0. The number of amides is 1. The average molecular weight is 295 g/mol. The van der Waals surface area contributed by atoms with Crippen LogP contribution in [0.2, 0.25) is 5.02 Å². The van der Waals surface area contributed by atoms with E-state index in [1.165, 1.54) is 0 Å². The Kier molecular flexibility index (Phi) is 4.89. The number of nitrogens with one attached hydrogen (secondary N) is 2. The second kappa shape index (κ2) is 6.85. The van der Waals surface area contributed by atoms with Crippen LogP contribution in [0.25, 0.3) is 0 Å². The molecule has 0 aliphatic carbocycles. The van der Waals surface area contributed by atoms with Gasteiger partial charge in [0.05, 0.1) is 11.2 Å². The molecule has 106 valence electrons. The molecule has 0 fully saturated rings. The summed E-state index contributed by atoms with van der Waals surface area (Å²) in [4.78, 5) is 16.1. The predicted molar refractivity (Wildman–Crippen MR) is 75.8 cm³/mol. The van der Waals surface area contributed by atoms with Crippen LogP contribution in [0.1, 0.15) is 16.9 Å². The van der Waals surface area contributed by atoms with E-state index in [1.807, 2.05) is 0 Å². The van der Waals surface area contributed by atoms with Crippen molar-refractivity contribution in [3.05, 3.63) is 35.2 Å². The smallest absolute Gasteiger partial charge is 0.271 e. The summed E-state index contributed by atoms with van der Waals surface area (Å²) in [5, 5.41) is 13.5. The fourth-order valence-electron chi connectivity index (χ4n) is 1.62. The molecule has 0 radical (unpaired) electrons. The SMILES string of the molecule is CNc1ccc(Cl)c(C(=O)NCCCn2ccnn2)n1. The number of anilines is 1. The topological polar surface area (TPSA) is 84.7 Å². The molecule has 0 spiro atoms. The largest absolute Gasteiger partial charge is 0.373 e. The molecule has 0 aromatic carbocycles. The first-order valence-electron chi connectivity index (χ1n) is 6.17. The van der Waals surface area contributed by atoms with Gasteiger partial charge >= 0.3 is 0 Å². The molecular formula is C12H15ClN6O. The minimum absolute atomic E-state index is 0.222. The van der Waals surface area contributed by atoms with Crippen LogP contribution in [0.3, 0.4) is 0 Å². The monoisotopic (exact) mass is 294 g/mol. The summed E-state index contributed by atoms with van der Waals surface area (Å²) in [5.74, 6) is 0.313. The fourth-order valence-corrected chi connectivity index (χ4v) is 1.81. The summed E-state index contributed by atoms with van der Waals surface area (Å²) < 4.78 is 1.71. The van der Waals surface area contributed by atoms with Crippen molar-refractivity contribution >= 4 is 23.3 Å². The maximum atomic E-state index is 12.0. The standard InChI is InChI=1S/C12H15ClN6O/c1-14-10-4-3-9(13)11(17-10)12(20)15-5-2-7-19-8-6-16-18-19/h3-4,6,8H,2,5,7H2,1H3,(H,14,17)(H,15,20). The molecule has 20 heavy (non-hydrogen) atoms. The Balaban J connectivity index is 1.85. The van der Waals surface area contributed by atoms with Gasteiger partial charge in [-0.15, -0.1) is 5.10 Å². The lowest BCUT2D eigenvalue weighted by molar-refractivity contribution is 0.0948. The highest BCUT2D eigenvalue weighted by molar-refractivity contribution is 6.33. The maximum Gasteiger partial charge on any atom is 0.271 e. The number of carbonyl (C=O) groups is 1. The van der Waals surface area contributed by atoms with Crippen LogP contribution < -0.4 is 10.6 Å². The van der Waals surface area contributed by atoms with Gasteiger partial charge in [0.15, 0.2) is 0 Å². The van der Waals surface area contributed by atoms with Crippen molar-refractivity contribution in [2.45, 2.75) is 13.0 Å². The molecule has 0 unspecified atom stereocenters. The number of pyridine rings is 1. The molecule has 2 rings (SSSR count). The zero-order valence-corrected chi connectivity index (χ0v) is 11.8. The first-order chi connectivity index (χ1) is 9.70. The molecule has 0 bridgehead atoms. The van der Waals surface area contributed by atoms with Gasteiger partial charge in [-0.1, -0.05) is 16.8 Å². The van der Waals surface area contributed by atoms with Gasteiger partial charge < -0.3 is 10.6 Å². The van der Waals surface area contributed by atoms with Crippen molar-refractivity contribution in [3.8, 4) is 0 Å². The van der Waals surface area contributed by atoms with Gasteiger partial charge in [0.1, 0.15) is 11.5 Å². The van der Waals surface area contributed by atoms with E-state index in [0.29, 0.717) is 23.9 Å². The Morgan fingerprint density at radius 3 is 3.00 bits per heavy atom. The van der Waals surface area contributed by atoms with Crippen molar-refractivity contribution in [2.75, 3.05) is 18.9 Å². The quantitative estimate of drug-likeness (QED) is 0.782. The van der Waals surface area contributed by atoms with Crippen molar-refractivity contribution in [3.63, 3.8) is 0 Å². The van der Waals surface area contributed by atoms with Crippen LogP contribution in [0.5, 0.6) is 0 Å². The lowest BCUT2D eigenvalue weighted by Gasteiger charge is -2.07. The van der Waals surface area contributed by atoms with Crippen LogP contribution in [0.15, 0.2) is 24.5 Å². The van der Waals surface area contributed by atoms with Gasteiger partial charge in [-0.05, 0) is 18.6 Å². The molecule has 2 N–H and O–H groups in total. The molecule has 0 saturated carbocycles. The number of halogens is 1. The summed E-state index contributed by atoms with van der Waals surface area (Å²) in [6, 6.07) is 3.36. The number of carbonyl (C=O) groups excluding carboxylic acids is 1. The van der Waals surface area contributed by atoms with Gasteiger partial charge in [0.25, 0.3) is 5.91 Å². The normalized spacial score (nSPS) is 10.3. The summed E-state index contributed by atoms with van der Waals surface area (Å²) in [5.41, 5.74) is 0.222. The average Bonchev–Trinajstić information content (AvgIpc) is 2.97. The first kappa shape index (κ1) is 14.3. The Morgan fingerprint density at radius 2 is 2.30 bits per heavy atom. The zero-order valence-electron chi connectivity index (χ0n) is 11.0. The minimum Gasteiger partial charge on any atom is -0.373 e. The predicted octanol–water partition coefficient (Wildman–Crippen LogP) is 1.19. The third-order valence-corrected chi connectivity index (χ3v) is 2.94. The van der Waals surface area contributed by atoms with E-state index in [2.05, 4.69) is 25.9 Å². The molecule has 2 aromatic heterocycles. The first-order valence-corrected chi connectivity index (χ1v) is 6.55. The van der Waals surface area contributed by atoms with Gasteiger partial charge in [-0.2, -0.15) is 0 Å². The highest BCUT2D eigenvalue weighted by Gasteiger charge is 2.12. The molecule has 0 aliphatic heterocycles. The van der Waals surface area contributed by atoms with E-state index in [0.717, 1.165) is 6.42 Å². The Hall–Kier alpha value is -2.15. The van der Waals surface area contributed by atoms with E-state index < -0.39 is 0 Å². The number of hydrogen-bond donors (Lipinski definition) is 2. The van der Waals surface area contributed by atoms with Gasteiger partial charge in [0.2, 0.25) is 0 Å². The Morgan fingerprint density at radius 1 is 1.45 bits per heavy atom. The number of hydrogen-bond acceptors (Lipinski definition) is 5. The number of rotatable bonds is 6. The third kappa shape index (κ3) is 3.67. The van der Waals surface area contributed by atoms with E-state index in [9.17, 15) is 4.79 Å². The second-order valence-electron chi connectivity index (χ2n) is 4.05. The summed E-state index contributed by atoms with van der Waals surface area (Å²) in [6.07, 6.45) is 4.14. The van der Waals surface area contributed by atoms with E-state index in [-0.39, 0.29) is 11.6 Å². The molecule has 2 aromatic rings. The third-order valence-electron chi connectivity index (χ3n) is 2.64. The Bertz CT molecular complexity index is 571. The lowest BCUT2D eigenvalue weighted by Crippen LogP contribution is -2.26. The van der Waals surface area contributed by atoms with Gasteiger partial charge in [0, 0.05) is 26.3 Å². The molecule has 1 amide bonds. The molecule has 0 saturated heterocycles. The van der Waals surface area contributed by atoms with E-state index in [4.69, 9.17) is 11.6 Å². The van der Waals surface area contributed by atoms with Crippen molar-refractivity contribution < 1.29 is 4.79 Å².